The molecule has 0 radical (unpaired) electrons. The van der Waals surface area contributed by atoms with Crippen LogP contribution >= 0.6 is 11.8 Å². The number of amides is 3. The molecule has 0 fully saturated rings. The van der Waals surface area contributed by atoms with Crippen LogP contribution in [0.25, 0.3) is 0 Å². The Kier molecular flexibility index (Phi) is 7.38. The number of imide groups is 1. The van der Waals surface area contributed by atoms with Crippen LogP contribution in [0.15, 0.2) is 71.0 Å². The first-order valence-corrected chi connectivity index (χ1v) is 8.33. The van der Waals surface area contributed by atoms with Crippen LogP contribution in [0.2, 0.25) is 0 Å². The van der Waals surface area contributed by atoms with Crippen LogP contribution in [-0.2, 0) is 14.3 Å². The van der Waals surface area contributed by atoms with Crippen LogP contribution in [0.3, 0.4) is 0 Å². The molecule has 0 aliphatic rings. The highest BCUT2D eigenvalue weighted by atomic mass is 32.2. The number of halogens is 1. The fourth-order valence-corrected chi connectivity index (χ4v) is 2.38. The lowest BCUT2D eigenvalue weighted by Gasteiger charge is -2.07. The Hall–Kier alpha value is -3.13. The molecule has 0 unspecified atom stereocenters. The summed E-state index contributed by atoms with van der Waals surface area (Å²) in [6.45, 7) is -0.635. The van der Waals surface area contributed by atoms with Gasteiger partial charge in [0, 0.05) is 11.0 Å². The van der Waals surface area contributed by atoms with Crippen molar-refractivity contribution in [3.05, 3.63) is 71.9 Å². The van der Waals surface area contributed by atoms with Gasteiger partial charge in [-0.3, -0.25) is 10.1 Å². The number of hydrogen-bond acceptors (Lipinski definition) is 5. The zero-order valence-electron chi connectivity index (χ0n) is 13.5. The number of thioether (sulfide) groups is 1. The minimum absolute atomic E-state index is 0.0735. The van der Waals surface area contributed by atoms with Crippen molar-refractivity contribution in [2.75, 3.05) is 11.9 Å². The van der Waals surface area contributed by atoms with E-state index in [2.05, 4.69) is 5.32 Å². The Balaban J connectivity index is 1.70. The van der Waals surface area contributed by atoms with Crippen LogP contribution in [0.4, 0.5) is 14.9 Å². The fourth-order valence-electron chi connectivity index (χ4n) is 1.73. The van der Waals surface area contributed by atoms with Crippen LogP contribution in [0.5, 0.6) is 0 Å². The molecule has 0 aliphatic heterocycles. The number of carbonyl (C=O) groups is 3. The predicted octanol–water partition coefficient (Wildman–Crippen LogP) is 3.32. The second-order valence-corrected chi connectivity index (χ2v) is 5.80. The summed E-state index contributed by atoms with van der Waals surface area (Å²) in [5.74, 6) is -2.20. The number of benzene rings is 2. The summed E-state index contributed by atoms with van der Waals surface area (Å²) < 4.78 is 18.1. The molecule has 3 amide bonds. The first kappa shape index (κ1) is 19.2. The average Bonchev–Trinajstić information content (AvgIpc) is 2.63. The Morgan fingerprint density at radius 2 is 1.73 bits per heavy atom. The molecule has 0 saturated heterocycles. The molecule has 0 bridgehead atoms. The summed E-state index contributed by atoms with van der Waals surface area (Å²) in [6.07, 6.45) is 1.17. The van der Waals surface area contributed by atoms with Crippen LogP contribution < -0.4 is 10.6 Å². The van der Waals surface area contributed by atoms with Gasteiger partial charge in [-0.25, -0.2) is 14.0 Å². The summed E-state index contributed by atoms with van der Waals surface area (Å²) in [4.78, 5) is 35.6. The zero-order chi connectivity index (χ0) is 18.8. The normalized spacial score (nSPS) is 10.3. The minimum Gasteiger partial charge on any atom is -0.452 e. The summed E-state index contributed by atoms with van der Waals surface area (Å²) in [5.41, 5.74) is -0.0735. The Labute approximate surface area is 153 Å². The molecule has 2 aromatic carbocycles. The zero-order valence-corrected chi connectivity index (χ0v) is 14.3. The summed E-state index contributed by atoms with van der Waals surface area (Å²) in [7, 11) is 0. The molecule has 2 aromatic rings. The Morgan fingerprint density at radius 1 is 1.04 bits per heavy atom. The molecule has 8 heteroatoms. The van der Waals surface area contributed by atoms with E-state index in [1.165, 1.54) is 47.5 Å². The van der Waals surface area contributed by atoms with Crippen molar-refractivity contribution in [3.63, 3.8) is 0 Å². The van der Waals surface area contributed by atoms with Crippen molar-refractivity contribution in [3.8, 4) is 0 Å². The van der Waals surface area contributed by atoms with Crippen molar-refractivity contribution in [1.82, 2.24) is 5.32 Å². The van der Waals surface area contributed by atoms with Gasteiger partial charge in [0.05, 0.1) is 5.69 Å². The third-order valence-corrected chi connectivity index (χ3v) is 3.69. The van der Waals surface area contributed by atoms with Gasteiger partial charge in [-0.05, 0) is 29.7 Å². The highest BCUT2D eigenvalue weighted by Gasteiger charge is 2.11. The topological polar surface area (TPSA) is 84.5 Å². The summed E-state index contributed by atoms with van der Waals surface area (Å²) in [5, 5.41) is 5.64. The summed E-state index contributed by atoms with van der Waals surface area (Å²) >= 11 is 1.31. The molecule has 0 heterocycles. The van der Waals surface area contributed by atoms with E-state index in [1.807, 2.05) is 35.6 Å². The second-order valence-electron chi connectivity index (χ2n) is 4.82. The molecule has 134 valence electrons. The smallest absolute Gasteiger partial charge is 0.331 e. The first-order valence-electron chi connectivity index (χ1n) is 7.45. The molecule has 0 aliphatic carbocycles. The molecule has 26 heavy (non-hydrogen) atoms. The Bertz CT molecular complexity index is 812. The average molecular weight is 374 g/mol. The molecule has 0 spiro atoms. The van der Waals surface area contributed by atoms with Gasteiger partial charge in [-0.1, -0.05) is 42.1 Å². The maximum absolute atomic E-state index is 13.4. The molecule has 0 saturated carbocycles. The van der Waals surface area contributed by atoms with Gasteiger partial charge in [0.15, 0.2) is 6.61 Å². The third kappa shape index (κ3) is 6.78. The number of para-hydroxylation sites is 1. The van der Waals surface area contributed by atoms with Crippen molar-refractivity contribution >= 4 is 35.4 Å². The first-order chi connectivity index (χ1) is 12.5. The van der Waals surface area contributed by atoms with Gasteiger partial charge >= 0.3 is 12.0 Å². The highest BCUT2D eigenvalue weighted by molar-refractivity contribution is 8.02. The third-order valence-electron chi connectivity index (χ3n) is 2.87. The van der Waals surface area contributed by atoms with Crippen LogP contribution in [-0.4, -0.2) is 24.5 Å². The number of ether oxygens (including phenoxy) is 1. The van der Waals surface area contributed by atoms with Crippen LogP contribution in [0.1, 0.15) is 0 Å². The molecule has 2 N–H and O–H groups in total. The lowest BCUT2D eigenvalue weighted by Crippen LogP contribution is -2.37. The highest BCUT2D eigenvalue weighted by Crippen LogP contribution is 2.17. The number of hydrogen-bond donors (Lipinski definition) is 2. The SMILES string of the molecule is O=C(COC(=O)/C=C/Sc1ccccc1)NC(=O)Nc1ccccc1F. The van der Waals surface area contributed by atoms with Crippen molar-refractivity contribution in [2.24, 2.45) is 0 Å². The molecular formula is C18H15FN2O4S. The number of anilines is 1. The number of urea groups is 1. The molecule has 0 atom stereocenters. The van der Waals surface area contributed by atoms with Gasteiger partial charge in [0.1, 0.15) is 5.82 Å². The number of rotatable bonds is 6. The number of nitrogens with one attached hydrogen (secondary N) is 2. The Morgan fingerprint density at radius 3 is 2.46 bits per heavy atom. The number of esters is 1. The van der Waals surface area contributed by atoms with Gasteiger partial charge in [0.2, 0.25) is 0 Å². The van der Waals surface area contributed by atoms with E-state index in [-0.39, 0.29) is 5.69 Å². The largest absolute Gasteiger partial charge is 0.452 e. The van der Waals surface area contributed by atoms with E-state index >= 15 is 0 Å². The van der Waals surface area contributed by atoms with Gasteiger partial charge in [0.25, 0.3) is 5.91 Å². The van der Waals surface area contributed by atoms with Gasteiger partial charge in [-0.15, -0.1) is 0 Å². The van der Waals surface area contributed by atoms with E-state index in [4.69, 9.17) is 4.74 Å². The monoisotopic (exact) mass is 374 g/mol. The van der Waals surface area contributed by atoms with Crippen molar-refractivity contribution in [2.45, 2.75) is 4.90 Å². The van der Waals surface area contributed by atoms with Gasteiger partial charge < -0.3 is 10.1 Å². The summed E-state index contributed by atoms with van der Waals surface area (Å²) in [6, 6.07) is 13.9. The lowest BCUT2D eigenvalue weighted by atomic mass is 10.3. The maximum atomic E-state index is 13.4. The van der Waals surface area contributed by atoms with E-state index in [0.29, 0.717) is 0 Å². The van der Waals surface area contributed by atoms with Gasteiger partial charge in [-0.2, -0.15) is 0 Å². The maximum Gasteiger partial charge on any atom is 0.331 e. The lowest BCUT2D eigenvalue weighted by molar-refractivity contribution is -0.143. The molecule has 0 aromatic heterocycles. The van der Waals surface area contributed by atoms with E-state index < -0.39 is 30.3 Å². The molecule has 2 rings (SSSR count). The number of carbonyl (C=O) groups excluding carboxylic acids is 3. The molecule has 6 nitrogen and oxygen atoms in total. The predicted molar refractivity (Wildman–Crippen MR) is 96.0 cm³/mol. The molecular weight excluding hydrogens is 359 g/mol. The van der Waals surface area contributed by atoms with E-state index in [0.717, 1.165) is 4.90 Å². The second kappa shape index (κ2) is 10.00. The fraction of sp³-hybridized carbons (Fsp3) is 0.0556. The quantitative estimate of drug-likeness (QED) is 0.460. The standard InChI is InChI=1S/C18H15FN2O4S/c19-14-8-4-5-9-15(14)20-18(24)21-16(22)12-25-17(23)10-11-26-13-6-2-1-3-7-13/h1-11H,12H2,(H2,20,21,22,24)/b11-10+. The van der Waals surface area contributed by atoms with Crippen LogP contribution in [0, 0.1) is 5.82 Å². The minimum atomic E-state index is -0.925. The van der Waals surface area contributed by atoms with Crippen molar-refractivity contribution < 1.29 is 23.5 Å². The van der Waals surface area contributed by atoms with E-state index in [1.54, 1.807) is 0 Å². The van der Waals surface area contributed by atoms with E-state index in [9.17, 15) is 18.8 Å². The van der Waals surface area contributed by atoms with Crippen molar-refractivity contribution in [1.29, 1.82) is 0 Å².